The third kappa shape index (κ3) is 2.57. The zero-order valence-electron chi connectivity index (χ0n) is 9.70. The van der Waals surface area contributed by atoms with Gasteiger partial charge in [-0.2, -0.15) is 0 Å². The third-order valence-corrected chi connectivity index (χ3v) is 4.87. The minimum absolute atomic E-state index is 0.199. The number of rotatable bonds is 1. The quantitative estimate of drug-likeness (QED) is 0.686. The highest BCUT2D eigenvalue weighted by Gasteiger charge is 2.37. The fourth-order valence-corrected chi connectivity index (χ4v) is 2.77. The van der Waals surface area contributed by atoms with Crippen molar-refractivity contribution < 1.29 is 9.09 Å². The molecular weight excluding hydrogens is 199 g/mol. The number of nitrogens with one attached hydrogen (secondary N) is 1. The minimum Gasteiger partial charge on any atom is -0.306 e. The molecule has 0 amide bonds. The van der Waals surface area contributed by atoms with Crippen molar-refractivity contribution in [2.75, 3.05) is 27.2 Å². The summed E-state index contributed by atoms with van der Waals surface area (Å²) in [5.41, 5.74) is 0.199. The summed E-state index contributed by atoms with van der Waals surface area (Å²) in [6, 6.07) is 0. The van der Waals surface area contributed by atoms with Gasteiger partial charge in [-0.1, -0.05) is 20.8 Å². The first kappa shape index (κ1) is 12.2. The van der Waals surface area contributed by atoms with E-state index in [9.17, 15) is 4.57 Å². The molecule has 0 unspecified atom stereocenters. The van der Waals surface area contributed by atoms with Gasteiger partial charge in [-0.15, -0.1) is 0 Å². The molecule has 0 aliphatic carbocycles. The molecule has 1 aliphatic heterocycles. The predicted molar refractivity (Wildman–Crippen MR) is 58.2 cm³/mol. The van der Waals surface area contributed by atoms with Crippen LogP contribution in [0.3, 0.4) is 0 Å². The van der Waals surface area contributed by atoms with E-state index < -0.39 is 7.67 Å². The molecule has 1 aliphatic rings. The Kier molecular flexibility index (Phi) is 3.42. The number of hydrogen-bond donors (Lipinski definition) is 1. The molecule has 0 radical (unpaired) electrons. The molecule has 84 valence electrons. The van der Waals surface area contributed by atoms with Crippen molar-refractivity contribution in [3.05, 3.63) is 0 Å². The van der Waals surface area contributed by atoms with Crippen LogP contribution < -0.4 is 5.09 Å². The number of hydrogen-bond acceptors (Lipinski definition) is 2. The zero-order valence-corrected chi connectivity index (χ0v) is 10.6. The maximum atomic E-state index is 12.0. The highest BCUT2D eigenvalue weighted by Crippen LogP contribution is 2.48. The van der Waals surface area contributed by atoms with Crippen LogP contribution in [0.25, 0.3) is 0 Å². The smallest absolute Gasteiger partial charge is 0.306 e. The van der Waals surface area contributed by atoms with Crippen molar-refractivity contribution >= 4 is 7.67 Å². The van der Waals surface area contributed by atoms with Crippen LogP contribution in [0.5, 0.6) is 0 Å². The van der Waals surface area contributed by atoms with E-state index in [0.29, 0.717) is 12.5 Å². The van der Waals surface area contributed by atoms with Gasteiger partial charge in [-0.05, 0) is 19.5 Å². The van der Waals surface area contributed by atoms with Crippen LogP contribution in [0.15, 0.2) is 0 Å². The first-order chi connectivity index (χ1) is 6.26. The summed E-state index contributed by atoms with van der Waals surface area (Å²) in [5, 5.41) is 3.01. The van der Waals surface area contributed by atoms with Gasteiger partial charge in [-0.25, -0.2) is 9.76 Å². The van der Waals surface area contributed by atoms with Gasteiger partial charge in [0.2, 0.25) is 0 Å². The predicted octanol–water partition coefficient (Wildman–Crippen LogP) is 1.94. The summed E-state index contributed by atoms with van der Waals surface area (Å²) in [5.74, 6) is 0.421. The van der Waals surface area contributed by atoms with Crippen LogP contribution in [0.4, 0.5) is 0 Å². The molecule has 0 aromatic carbocycles. The lowest BCUT2D eigenvalue weighted by molar-refractivity contribution is 0.117. The molecule has 5 heteroatoms. The Labute approximate surface area is 86.6 Å². The molecule has 0 spiro atoms. The molecule has 14 heavy (non-hydrogen) atoms. The van der Waals surface area contributed by atoms with E-state index in [1.165, 1.54) is 0 Å². The molecule has 1 fully saturated rings. The molecule has 0 saturated carbocycles. The largest absolute Gasteiger partial charge is 0.342 e. The third-order valence-electron chi connectivity index (χ3n) is 2.74. The van der Waals surface area contributed by atoms with Crippen LogP contribution in [0.2, 0.25) is 0 Å². The maximum absolute atomic E-state index is 12.0. The van der Waals surface area contributed by atoms with Gasteiger partial charge in [-0.3, -0.25) is 4.57 Å². The Morgan fingerprint density at radius 2 is 2.00 bits per heavy atom. The van der Waals surface area contributed by atoms with Crippen LogP contribution in [0, 0.1) is 11.3 Å². The van der Waals surface area contributed by atoms with E-state index in [2.05, 4.69) is 25.9 Å². The molecule has 4 nitrogen and oxygen atoms in total. The zero-order chi connectivity index (χ0) is 11.0. The highest BCUT2D eigenvalue weighted by atomic mass is 31.2. The summed E-state index contributed by atoms with van der Waals surface area (Å²) in [6.07, 6.45) is 0. The van der Waals surface area contributed by atoms with E-state index >= 15 is 0 Å². The second kappa shape index (κ2) is 3.93. The summed E-state index contributed by atoms with van der Waals surface area (Å²) < 4.78 is 19.1. The van der Waals surface area contributed by atoms with Crippen LogP contribution in [-0.2, 0) is 9.09 Å². The van der Waals surface area contributed by atoms with Crippen molar-refractivity contribution in [2.45, 2.75) is 20.8 Å². The van der Waals surface area contributed by atoms with Crippen LogP contribution >= 0.6 is 7.67 Å². The van der Waals surface area contributed by atoms with Gasteiger partial charge in [0.05, 0.1) is 6.61 Å². The van der Waals surface area contributed by atoms with Crippen LogP contribution in [0.1, 0.15) is 20.8 Å². The Morgan fingerprint density at radius 1 is 1.43 bits per heavy atom. The summed E-state index contributed by atoms with van der Waals surface area (Å²) >= 11 is 0. The fourth-order valence-electron chi connectivity index (χ4n) is 1.33. The van der Waals surface area contributed by atoms with E-state index in [0.717, 1.165) is 6.54 Å². The van der Waals surface area contributed by atoms with E-state index in [-0.39, 0.29) is 5.41 Å². The second-order valence-corrected chi connectivity index (χ2v) is 7.50. The summed E-state index contributed by atoms with van der Waals surface area (Å²) in [4.78, 5) is 0. The molecule has 1 rings (SSSR count). The van der Waals surface area contributed by atoms with E-state index in [1.807, 2.05) is 0 Å². The van der Waals surface area contributed by atoms with Crippen molar-refractivity contribution in [3.63, 3.8) is 0 Å². The Morgan fingerprint density at radius 3 is 2.29 bits per heavy atom. The van der Waals surface area contributed by atoms with Crippen LogP contribution in [-0.4, -0.2) is 31.9 Å². The SMILES string of the molecule is CN(C)[P@]1(=O)NC[C@H](C(C)(C)C)CO1. The molecule has 1 N–H and O–H groups in total. The van der Waals surface area contributed by atoms with Crippen molar-refractivity contribution in [2.24, 2.45) is 11.3 Å². The lowest BCUT2D eigenvalue weighted by Crippen LogP contribution is -2.41. The Balaban J connectivity index is 2.59. The average Bonchev–Trinajstić information content (AvgIpc) is 2.03. The molecule has 1 heterocycles. The minimum atomic E-state index is -2.71. The fraction of sp³-hybridized carbons (Fsp3) is 1.00. The molecule has 1 saturated heterocycles. The van der Waals surface area contributed by atoms with E-state index in [4.69, 9.17) is 4.52 Å². The van der Waals surface area contributed by atoms with E-state index in [1.54, 1.807) is 18.8 Å². The van der Waals surface area contributed by atoms with Crippen molar-refractivity contribution in [1.29, 1.82) is 0 Å². The lowest BCUT2D eigenvalue weighted by atomic mass is 9.81. The van der Waals surface area contributed by atoms with Gasteiger partial charge in [0.15, 0.2) is 0 Å². The second-order valence-electron chi connectivity index (χ2n) is 5.09. The average molecular weight is 220 g/mol. The molecule has 0 bridgehead atoms. The summed E-state index contributed by atoms with van der Waals surface area (Å²) in [6.45, 7) is 7.86. The van der Waals surface area contributed by atoms with Gasteiger partial charge >= 0.3 is 7.67 Å². The standard InChI is InChI=1S/C9H21N2O2P/c1-9(2,3)8-6-10-14(12,11(4)5)13-7-8/h8H,6-7H2,1-5H3,(H,10,12)/t8-,14-/m0/s1. The molecule has 0 aromatic rings. The van der Waals surface area contributed by atoms with Crippen molar-refractivity contribution in [3.8, 4) is 0 Å². The summed E-state index contributed by atoms with van der Waals surface area (Å²) in [7, 11) is 0.829. The monoisotopic (exact) mass is 220 g/mol. The first-order valence-electron chi connectivity index (χ1n) is 4.93. The maximum Gasteiger partial charge on any atom is 0.342 e. The van der Waals surface area contributed by atoms with Gasteiger partial charge < -0.3 is 4.52 Å². The molecule has 2 atom stereocenters. The lowest BCUT2D eigenvalue weighted by Gasteiger charge is -2.38. The normalized spacial score (nSPS) is 34.9. The van der Waals surface area contributed by atoms with Gasteiger partial charge in [0.25, 0.3) is 0 Å². The first-order valence-corrected chi connectivity index (χ1v) is 6.51. The van der Waals surface area contributed by atoms with Gasteiger partial charge in [0, 0.05) is 12.5 Å². The Hall–Kier alpha value is 0.110. The highest BCUT2D eigenvalue weighted by molar-refractivity contribution is 7.54. The molecular formula is C9H21N2O2P. The topological polar surface area (TPSA) is 41.6 Å². The number of nitrogens with zero attached hydrogens (tertiary/aromatic N) is 1. The molecule has 0 aromatic heterocycles. The van der Waals surface area contributed by atoms with Gasteiger partial charge in [0.1, 0.15) is 0 Å². The van der Waals surface area contributed by atoms with Crippen molar-refractivity contribution in [1.82, 2.24) is 9.76 Å². The Bertz CT molecular complexity index is 236.